The first-order valence-corrected chi connectivity index (χ1v) is 8.35. The number of nitrogens with one attached hydrogen (secondary N) is 1. The molecule has 0 saturated heterocycles. The van der Waals surface area contributed by atoms with Crippen LogP contribution >= 0.6 is 0 Å². The highest BCUT2D eigenvalue weighted by Crippen LogP contribution is 2.39. The van der Waals surface area contributed by atoms with Crippen LogP contribution in [0.3, 0.4) is 0 Å². The molecule has 1 aliphatic rings. The fourth-order valence-corrected chi connectivity index (χ4v) is 4.14. The molecule has 2 rings (SSSR count). The number of rotatable bonds is 8. The Bertz CT molecular complexity index is 418. The Morgan fingerprint density at radius 3 is 2.52 bits per heavy atom. The van der Waals surface area contributed by atoms with Gasteiger partial charge < -0.3 is 0 Å². The van der Waals surface area contributed by atoms with Gasteiger partial charge in [0.2, 0.25) is 0 Å². The van der Waals surface area contributed by atoms with Crippen LogP contribution in [0, 0.1) is 0 Å². The molecule has 1 atom stereocenters. The summed E-state index contributed by atoms with van der Waals surface area (Å²) in [6.45, 7) is 6.72. The Morgan fingerprint density at radius 2 is 2.05 bits per heavy atom. The molecule has 1 unspecified atom stereocenters. The molecule has 5 heteroatoms. The monoisotopic (exact) mass is 293 g/mol. The van der Waals surface area contributed by atoms with Crippen molar-refractivity contribution in [1.29, 1.82) is 0 Å². The molecule has 1 fully saturated rings. The molecule has 1 aliphatic carbocycles. The lowest BCUT2D eigenvalue weighted by Gasteiger charge is -2.46. The number of hydrogen-bond donors (Lipinski definition) is 2. The molecule has 120 valence electrons. The van der Waals surface area contributed by atoms with Gasteiger partial charge in [0.1, 0.15) is 0 Å². The predicted molar refractivity (Wildman–Crippen MR) is 86.8 cm³/mol. The standard InChI is InChI=1S/C16H31N5/c1-4-21(5-2)16(10-6-7-11-16)15(19-17)9-8-14-12-18-20(3)13-14/h12-13,15,19H,4-11,17H2,1-3H3. The molecular formula is C16H31N5. The largest absolute Gasteiger partial charge is 0.297 e. The quantitative estimate of drug-likeness (QED) is 0.567. The summed E-state index contributed by atoms with van der Waals surface area (Å²) in [6.07, 6.45) is 11.3. The van der Waals surface area contributed by atoms with Crippen LogP contribution in [-0.4, -0.2) is 39.4 Å². The van der Waals surface area contributed by atoms with Crippen LogP contribution in [0.25, 0.3) is 0 Å². The van der Waals surface area contributed by atoms with E-state index >= 15 is 0 Å². The smallest absolute Gasteiger partial charge is 0.0521 e. The summed E-state index contributed by atoms with van der Waals surface area (Å²) in [7, 11) is 1.97. The maximum atomic E-state index is 5.96. The Balaban J connectivity index is 2.08. The summed E-state index contributed by atoms with van der Waals surface area (Å²) in [4.78, 5) is 2.62. The predicted octanol–water partition coefficient (Wildman–Crippen LogP) is 1.84. The summed E-state index contributed by atoms with van der Waals surface area (Å²) >= 11 is 0. The van der Waals surface area contributed by atoms with Crippen LogP contribution in [0.1, 0.15) is 51.5 Å². The molecule has 0 radical (unpaired) electrons. The van der Waals surface area contributed by atoms with Crippen LogP contribution in [0.15, 0.2) is 12.4 Å². The van der Waals surface area contributed by atoms with Crippen LogP contribution < -0.4 is 11.3 Å². The Labute approximate surface area is 128 Å². The second-order valence-corrected chi connectivity index (χ2v) is 6.26. The van der Waals surface area contributed by atoms with E-state index in [-0.39, 0.29) is 5.54 Å². The maximum Gasteiger partial charge on any atom is 0.0521 e. The van der Waals surface area contributed by atoms with Crippen molar-refractivity contribution in [1.82, 2.24) is 20.1 Å². The van der Waals surface area contributed by atoms with Crippen LogP contribution in [0.4, 0.5) is 0 Å². The van der Waals surface area contributed by atoms with E-state index in [4.69, 9.17) is 5.84 Å². The van der Waals surface area contributed by atoms with E-state index in [1.807, 2.05) is 17.9 Å². The van der Waals surface area contributed by atoms with E-state index in [1.165, 1.54) is 31.2 Å². The minimum atomic E-state index is 0.237. The fraction of sp³-hybridized carbons (Fsp3) is 0.812. The molecule has 0 spiro atoms. The molecule has 3 N–H and O–H groups in total. The first kappa shape index (κ1) is 16.5. The minimum Gasteiger partial charge on any atom is -0.297 e. The third-order valence-electron chi connectivity index (χ3n) is 5.19. The highest BCUT2D eigenvalue weighted by molar-refractivity contribution is 5.08. The third-order valence-corrected chi connectivity index (χ3v) is 5.19. The van der Waals surface area contributed by atoms with Gasteiger partial charge in [-0.05, 0) is 44.3 Å². The number of aryl methyl sites for hydroxylation is 2. The van der Waals surface area contributed by atoms with Gasteiger partial charge in [-0.15, -0.1) is 0 Å². The minimum absolute atomic E-state index is 0.237. The Kier molecular flexibility index (Phi) is 5.79. The number of hydrazine groups is 1. The zero-order valence-electron chi connectivity index (χ0n) is 13.8. The van der Waals surface area contributed by atoms with Gasteiger partial charge in [-0.3, -0.25) is 20.9 Å². The van der Waals surface area contributed by atoms with Crippen molar-refractivity contribution < 1.29 is 0 Å². The van der Waals surface area contributed by atoms with Crippen molar-refractivity contribution in [2.24, 2.45) is 12.9 Å². The first-order valence-electron chi connectivity index (χ1n) is 8.35. The summed E-state index contributed by atoms with van der Waals surface area (Å²) in [5.41, 5.74) is 4.68. The fourth-order valence-electron chi connectivity index (χ4n) is 4.14. The number of nitrogens with two attached hydrogens (primary N) is 1. The summed E-state index contributed by atoms with van der Waals surface area (Å²) in [5, 5.41) is 4.26. The molecular weight excluding hydrogens is 262 g/mol. The van der Waals surface area contributed by atoms with Crippen LogP contribution in [-0.2, 0) is 13.5 Å². The molecule has 0 aliphatic heterocycles. The molecule has 1 heterocycles. The Hall–Kier alpha value is -0.910. The lowest BCUT2D eigenvalue weighted by Crippen LogP contribution is -2.61. The summed E-state index contributed by atoms with van der Waals surface area (Å²) < 4.78 is 1.87. The van der Waals surface area contributed by atoms with E-state index in [2.05, 4.69) is 35.5 Å². The summed E-state index contributed by atoms with van der Waals surface area (Å²) in [6, 6.07) is 0.347. The molecule has 1 aromatic rings. The van der Waals surface area contributed by atoms with Crippen LogP contribution in [0.2, 0.25) is 0 Å². The van der Waals surface area contributed by atoms with Crippen molar-refractivity contribution in [3.8, 4) is 0 Å². The highest BCUT2D eigenvalue weighted by atomic mass is 15.3. The van der Waals surface area contributed by atoms with E-state index in [9.17, 15) is 0 Å². The zero-order valence-corrected chi connectivity index (χ0v) is 13.8. The molecule has 1 aromatic heterocycles. The van der Waals surface area contributed by atoms with Gasteiger partial charge in [-0.25, -0.2) is 0 Å². The van der Waals surface area contributed by atoms with Crippen molar-refractivity contribution in [2.75, 3.05) is 13.1 Å². The lowest BCUT2D eigenvalue weighted by atomic mass is 9.83. The van der Waals surface area contributed by atoms with Gasteiger partial charge in [0.25, 0.3) is 0 Å². The van der Waals surface area contributed by atoms with E-state index in [0.29, 0.717) is 6.04 Å². The molecule has 0 aromatic carbocycles. The van der Waals surface area contributed by atoms with Gasteiger partial charge >= 0.3 is 0 Å². The number of aromatic nitrogens is 2. The highest BCUT2D eigenvalue weighted by Gasteiger charge is 2.44. The lowest BCUT2D eigenvalue weighted by molar-refractivity contribution is 0.0597. The second-order valence-electron chi connectivity index (χ2n) is 6.26. The zero-order chi connectivity index (χ0) is 15.3. The van der Waals surface area contributed by atoms with Crippen LogP contribution in [0.5, 0.6) is 0 Å². The number of likely N-dealkylation sites (N-methyl/N-ethyl adjacent to an activating group) is 1. The van der Waals surface area contributed by atoms with E-state index < -0.39 is 0 Å². The molecule has 21 heavy (non-hydrogen) atoms. The topological polar surface area (TPSA) is 59.1 Å². The van der Waals surface area contributed by atoms with Crippen molar-refractivity contribution in [2.45, 2.75) is 64.0 Å². The van der Waals surface area contributed by atoms with Crippen molar-refractivity contribution in [3.05, 3.63) is 18.0 Å². The maximum absolute atomic E-state index is 5.96. The molecule has 1 saturated carbocycles. The SMILES string of the molecule is CCN(CC)C1(C(CCc2cnn(C)c2)NN)CCCC1. The normalized spacial score (nSPS) is 19.3. The molecule has 0 bridgehead atoms. The van der Waals surface area contributed by atoms with Gasteiger partial charge in [0, 0.05) is 24.8 Å². The first-order chi connectivity index (χ1) is 10.2. The van der Waals surface area contributed by atoms with Gasteiger partial charge in [0.05, 0.1) is 6.20 Å². The van der Waals surface area contributed by atoms with Gasteiger partial charge in [-0.2, -0.15) is 5.10 Å². The average molecular weight is 293 g/mol. The van der Waals surface area contributed by atoms with E-state index in [1.54, 1.807) is 0 Å². The second kappa shape index (κ2) is 7.38. The van der Waals surface area contributed by atoms with Crippen molar-refractivity contribution in [3.63, 3.8) is 0 Å². The Morgan fingerprint density at radius 1 is 1.38 bits per heavy atom. The number of hydrogen-bond acceptors (Lipinski definition) is 4. The number of nitrogens with zero attached hydrogens (tertiary/aromatic N) is 3. The molecule has 0 amide bonds. The summed E-state index contributed by atoms with van der Waals surface area (Å²) in [5.74, 6) is 5.96. The van der Waals surface area contributed by atoms with Crippen molar-refractivity contribution >= 4 is 0 Å². The van der Waals surface area contributed by atoms with E-state index in [0.717, 1.165) is 25.9 Å². The average Bonchev–Trinajstić information content (AvgIpc) is 3.11. The third kappa shape index (κ3) is 3.47. The van der Waals surface area contributed by atoms with Gasteiger partial charge in [-0.1, -0.05) is 26.7 Å². The molecule has 5 nitrogen and oxygen atoms in total. The van der Waals surface area contributed by atoms with Gasteiger partial charge in [0.15, 0.2) is 0 Å².